The first-order chi connectivity index (χ1) is 13.5. The Morgan fingerprint density at radius 1 is 1.11 bits per heavy atom. The van der Waals surface area contributed by atoms with Gasteiger partial charge in [0.25, 0.3) is 5.69 Å². The summed E-state index contributed by atoms with van der Waals surface area (Å²) < 4.78 is 5.29. The highest BCUT2D eigenvalue weighted by Crippen LogP contribution is 2.23. The first-order valence-electron chi connectivity index (χ1n) is 8.90. The zero-order valence-corrected chi connectivity index (χ0v) is 15.4. The second-order valence-electron chi connectivity index (χ2n) is 6.21. The zero-order valence-electron chi connectivity index (χ0n) is 15.4. The van der Waals surface area contributed by atoms with Gasteiger partial charge in [-0.05, 0) is 31.5 Å². The monoisotopic (exact) mass is 380 g/mol. The predicted molar refractivity (Wildman–Crippen MR) is 105 cm³/mol. The van der Waals surface area contributed by atoms with Gasteiger partial charge in [-0.15, -0.1) is 0 Å². The van der Waals surface area contributed by atoms with Crippen molar-refractivity contribution >= 4 is 28.4 Å². The van der Waals surface area contributed by atoms with Crippen LogP contribution in [0.15, 0.2) is 48.5 Å². The topological polar surface area (TPSA) is 107 Å². The van der Waals surface area contributed by atoms with E-state index in [4.69, 9.17) is 4.74 Å². The van der Waals surface area contributed by atoms with Crippen LogP contribution in [0.3, 0.4) is 0 Å². The number of carbonyl (C=O) groups is 1. The Bertz CT molecular complexity index is 1010. The van der Waals surface area contributed by atoms with Gasteiger partial charge in [0.05, 0.1) is 27.3 Å². The van der Waals surface area contributed by atoms with E-state index < -0.39 is 4.92 Å². The molecule has 1 aromatic heterocycles. The number of ether oxygens (including phenoxy) is 1. The number of nitrogens with zero attached hydrogens (tertiary/aromatic N) is 3. The summed E-state index contributed by atoms with van der Waals surface area (Å²) in [6, 6.07) is 13.9. The molecule has 0 amide bonds. The quantitative estimate of drug-likeness (QED) is 0.274. The fraction of sp³-hybridized carbons (Fsp3) is 0.250. The van der Waals surface area contributed by atoms with Crippen LogP contribution in [-0.2, 0) is 16.1 Å². The van der Waals surface area contributed by atoms with Gasteiger partial charge < -0.3 is 10.1 Å². The van der Waals surface area contributed by atoms with E-state index in [-0.39, 0.29) is 24.7 Å². The van der Waals surface area contributed by atoms with Crippen LogP contribution in [-0.4, -0.2) is 27.4 Å². The van der Waals surface area contributed by atoms with E-state index in [1.54, 1.807) is 18.2 Å². The predicted octanol–water partition coefficient (Wildman–Crippen LogP) is 3.78. The number of benzene rings is 2. The van der Waals surface area contributed by atoms with Crippen LogP contribution in [0.4, 0.5) is 11.4 Å². The molecule has 0 saturated carbocycles. The lowest BCUT2D eigenvalue weighted by atomic mass is 10.2. The van der Waals surface area contributed by atoms with Gasteiger partial charge in [-0.1, -0.05) is 24.3 Å². The third-order valence-corrected chi connectivity index (χ3v) is 4.19. The van der Waals surface area contributed by atoms with E-state index in [0.29, 0.717) is 24.3 Å². The van der Waals surface area contributed by atoms with Crippen LogP contribution in [0.1, 0.15) is 24.2 Å². The molecule has 0 aliphatic rings. The molecule has 2 aromatic carbocycles. The maximum Gasteiger partial charge on any atom is 0.306 e. The summed E-state index contributed by atoms with van der Waals surface area (Å²) in [7, 11) is 0. The highest BCUT2D eigenvalue weighted by atomic mass is 16.6. The van der Waals surface area contributed by atoms with Crippen molar-refractivity contribution in [3.05, 3.63) is 70.0 Å². The number of hydrogen-bond donors (Lipinski definition) is 1. The number of aryl methyl sites for hydroxylation is 1. The van der Waals surface area contributed by atoms with Gasteiger partial charge in [0.2, 0.25) is 0 Å². The van der Waals surface area contributed by atoms with Crippen LogP contribution in [0.25, 0.3) is 11.0 Å². The third kappa shape index (κ3) is 4.79. The fourth-order valence-corrected chi connectivity index (χ4v) is 2.72. The molecule has 0 spiro atoms. The standard InChI is InChI=1S/C20H20N4O4/c1-14-18(23-16-8-3-2-7-15(16)22-14)13-28-20(25)11-6-12-21-17-9-4-5-10-19(17)24(26)27/h2-5,7-10,21H,6,11-13H2,1H3. The molecule has 1 N–H and O–H groups in total. The van der Waals surface area contributed by atoms with Crippen LogP contribution in [0, 0.1) is 17.0 Å². The van der Waals surface area contributed by atoms with Crippen molar-refractivity contribution in [2.24, 2.45) is 0 Å². The highest BCUT2D eigenvalue weighted by Gasteiger charge is 2.12. The lowest BCUT2D eigenvalue weighted by Gasteiger charge is -2.09. The molecule has 3 aromatic rings. The molecule has 0 fully saturated rings. The van der Waals surface area contributed by atoms with Gasteiger partial charge in [-0.3, -0.25) is 14.9 Å². The van der Waals surface area contributed by atoms with Crippen molar-refractivity contribution in [3.8, 4) is 0 Å². The zero-order chi connectivity index (χ0) is 19.9. The van der Waals surface area contributed by atoms with Crippen molar-refractivity contribution in [1.82, 2.24) is 9.97 Å². The van der Waals surface area contributed by atoms with Crippen LogP contribution in [0.2, 0.25) is 0 Å². The maximum atomic E-state index is 12.0. The Hall–Kier alpha value is -3.55. The average Bonchev–Trinajstić information content (AvgIpc) is 2.69. The van der Waals surface area contributed by atoms with Crippen molar-refractivity contribution in [1.29, 1.82) is 0 Å². The number of nitrogens with one attached hydrogen (secondary N) is 1. The minimum atomic E-state index is -0.441. The molecular formula is C20H20N4O4. The first kappa shape index (κ1) is 19.2. The molecule has 0 saturated heterocycles. The molecule has 28 heavy (non-hydrogen) atoms. The summed E-state index contributed by atoms with van der Waals surface area (Å²) in [6.45, 7) is 2.33. The molecule has 0 atom stereocenters. The number of fused-ring (bicyclic) bond motifs is 1. The third-order valence-electron chi connectivity index (χ3n) is 4.19. The van der Waals surface area contributed by atoms with Crippen molar-refractivity contribution in [2.45, 2.75) is 26.4 Å². The van der Waals surface area contributed by atoms with Gasteiger partial charge in [-0.25, -0.2) is 9.97 Å². The number of carbonyl (C=O) groups excluding carboxylic acids is 1. The fourth-order valence-electron chi connectivity index (χ4n) is 2.72. The molecule has 8 nitrogen and oxygen atoms in total. The number of anilines is 1. The van der Waals surface area contributed by atoms with Gasteiger partial charge in [0, 0.05) is 19.0 Å². The average molecular weight is 380 g/mol. The minimum absolute atomic E-state index is 0.00966. The number of nitro groups is 1. The maximum absolute atomic E-state index is 12.0. The number of esters is 1. The number of hydrogen-bond acceptors (Lipinski definition) is 7. The molecule has 8 heteroatoms. The molecule has 3 rings (SSSR count). The van der Waals surface area contributed by atoms with E-state index in [1.807, 2.05) is 31.2 Å². The van der Waals surface area contributed by atoms with Crippen molar-refractivity contribution in [2.75, 3.05) is 11.9 Å². The number of nitro benzene ring substituents is 1. The number of para-hydroxylation sites is 4. The Morgan fingerprint density at radius 2 is 1.79 bits per heavy atom. The van der Waals surface area contributed by atoms with Gasteiger partial charge >= 0.3 is 5.97 Å². The minimum Gasteiger partial charge on any atom is -0.459 e. The van der Waals surface area contributed by atoms with Crippen molar-refractivity contribution in [3.63, 3.8) is 0 Å². The van der Waals surface area contributed by atoms with E-state index >= 15 is 0 Å². The van der Waals surface area contributed by atoms with E-state index in [9.17, 15) is 14.9 Å². The molecule has 1 heterocycles. The molecule has 144 valence electrons. The smallest absolute Gasteiger partial charge is 0.306 e. The Morgan fingerprint density at radius 3 is 2.54 bits per heavy atom. The Labute approximate surface area is 161 Å². The summed E-state index contributed by atoms with van der Waals surface area (Å²) in [6.07, 6.45) is 0.695. The van der Waals surface area contributed by atoms with Crippen LogP contribution in [0.5, 0.6) is 0 Å². The Balaban J connectivity index is 1.47. The molecule has 0 aliphatic heterocycles. The normalized spacial score (nSPS) is 10.6. The number of aromatic nitrogens is 2. The molecular weight excluding hydrogens is 360 g/mol. The van der Waals surface area contributed by atoms with E-state index in [1.165, 1.54) is 6.07 Å². The lowest BCUT2D eigenvalue weighted by Crippen LogP contribution is -2.10. The van der Waals surface area contributed by atoms with Crippen molar-refractivity contribution < 1.29 is 14.5 Å². The Kier molecular flexibility index (Phi) is 6.11. The van der Waals surface area contributed by atoms with Gasteiger partial charge in [-0.2, -0.15) is 0 Å². The summed E-state index contributed by atoms with van der Waals surface area (Å²) in [5.74, 6) is -0.348. The molecule has 0 unspecified atom stereocenters. The SMILES string of the molecule is Cc1nc2ccccc2nc1COC(=O)CCCNc1ccccc1[N+](=O)[O-]. The van der Waals surface area contributed by atoms with Crippen LogP contribution < -0.4 is 5.32 Å². The summed E-state index contributed by atoms with van der Waals surface area (Å²) >= 11 is 0. The van der Waals surface area contributed by atoms with Crippen LogP contribution >= 0.6 is 0 Å². The second kappa shape index (κ2) is 8.90. The molecule has 0 bridgehead atoms. The second-order valence-corrected chi connectivity index (χ2v) is 6.21. The van der Waals surface area contributed by atoms with E-state index in [2.05, 4.69) is 15.3 Å². The summed E-state index contributed by atoms with van der Waals surface area (Å²) in [4.78, 5) is 31.5. The van der Waals surface area contributed by atoms with Gasteiger partial charge in [0.1, 0.15) is 12.3 Å². The summed E-state index contributed by atoms with van der Waals surface area (Å²) in [5.41, 5.74) is 3.36. The highest BCUT2D eigenvalue weighted by molar-refractivity contribution is 5.74. The largest absolute Gasteiger partial charge is 0.459 e. The molecule has 0 aliphatic carbocycles. The summed E-state index contributed by atoms with van der Waals surface area (Å²) in [5, 5.41) is 14.0. The first-order valence-corrected chi connectivity index (χ1v) is 8.90. The molecule has 0 radical (unpaired) electrons. The van der Waals surface area contributed by atoms with Gasteiger partial charge in [0.15, 0.2) is 0 Å². The van der Waals surface area contributed by atoms with E-state index in [0.717, 1.165) is 16.7 Å². The lowest BCUT2D eigenvalue weighted by molar-refractivity contribution is -0.384. The number of rotatable bonds is 8.